The van der Waals surface area contributed by atoms with Gasteiger partial charge in [-0.15, -0.1) is 11.3 Å². The van der Waals surface area contributed by atoms with Crippen molar-refractivity contribution in [1.29, 1.82) is 0 Å². The summed E-state index contributed by atoms with van der Waals surface area (Å²) < 4.78 is 0. The third-order valence-electron chi connectivity index (χ3n) is 2.83. The molecule has 0 atom stereocenters. The second-order valence-corrected chi connectivity index (χ2v) is 5.06. The lowest BCUT2D eigenvalue weighted by atomic mass is 10.1. The Labute approximate surface area is 101 Å². The van der Waals surface area contributed by atoms with Crippen LogP contribution in [0.2, 0.25) is 0 Å². The van der Waals surface area contributed by atoms with E-state index in [2.05, 4.69) is 54.9 Å². The normalized spacial score (nSPS) is 10.6. The summed E-state index contributed by atoms with van der Waals surface area (Å²) in [4.78, 5) is 1.44. The Kier molecular flexibility index (Phi) is 3.75. The van der Waals surface area contributed by atoms with Crippen LogP contribution in [0.5, 0.6) is 0 Å². The van der Waals surface area contributed by atoms with E-state index in [0.717, 1.165) is 13.1 Å². The number of thiophene rings is 1. The van der Waals surface area contributed by atoms with Crippen molar-refractivity contribution in [2.75, 3.05) is 0 Å². The first-order chi connectivity index (χ1) is 7.77. The minimum Gasteiger partial charge on any atom is -0.308 e. The maximum absolute atomic E-state index is 3.50. The average molecular weight is 231 g/mol. The number of hydrogen-bond donors (Lipinski definition) is 1. The van der Waals surface area contributed by atoms with Crippen molar-refractivity contribution in [2.24, 2.45) is 0 Å². The van der Waals surface area contributed by atoms with Gasteiger partial charge in [-0.1, -0.05) is 24.3 Å². The highest BCUT2D eigenvalue weighted by Crippen LogP contribution is 2.15. The van der Waals surface area contributed by atoms with Crippen LogP contribution < -0.4 is 5.32 Å². The van der Waals surface area contributed by atoms with Gasteiger partial charge in [-0.3, -0.25) is 0 Å². The highest BCUT2D eigenvalue weighted by atomic mass is 32.1. The summed E-state index contributed by atoms with van der Waals surface area (Å²) in [6.07, 6.45) is 0. The fourth-order valence-corrected chi connectivity index (χ4v) is 2.58. The van der Waals surface area contributed by atoms with E-state index < -0.39 is 0 Å². The maximum atomic E-state index is 3.50. The quantitative estimate of drug-likeness (QED) is 0.847. The zero-order valence-electron chi connectivity index (χ0n) is 9.79. The standard InChI is InChI=1S/C14H17NS/c1-11-5-3-4-6-13(11)9-15-10-14-12(2)7-8-16-14/h3-8,15H,9-10H2,1-2H3. The highest BCUT2D eigenvalue weighted by molar-refractivity contribution is 7.10. The Balaban J connectivity index is 1.89. The van der Waals surface area contributed by atoms with Crippen molar-refractivity contribution in [3.05, 3.63) is 57.3 Å². The van der Waals surface area contributed by atoms with Gasteiger partial charge in [0.25, 0.3) is 0 Å². The number of rotatable bonds is 4. The van der Waals surface area contributed by atoms with E-state index in [-0.39, 0.29) is 0 Å². The monoisotopic (exact) mass is 231 g/mol. The third-order valence-corrected chi connectivity index (χ3v) is 3.85. The summed E-state index contributed by atoms with van der Waals surface area (Å²) in [5.74, 6) is 0. The zero-order valence-corrected chi connectivity index (χ0v) is 10.6. The van der Waals surface area contributed by atoms with E-state index in [0.29, 0.717) is 0 Å². The smallest absolute Gasteiger partial charge is 0.0305 e. The Morgan fingerprint density at radius 2 is 1.81 bits per heavy atom. The molecule has 0 amide bonds. The minimum absolute atomic E-state index is 0.948. The summed E-state index contributed by atoms with van der Waals surface area (Å²) in [5, 5.41) is 5.65. The highest BCUT2D eigenvalue weighted by Gasteiger charge is 2.00. The molecule has 1 nitrogen and oxygen atoms in total. The Bertz CT molecular complexity index is 459. The van der Waals surface area contributed by atoms with E-state index in [1.807, 2.05) is 11.3 Å². The molecule has 0 aliphatic carbocycles. The van der Waals surface area contributed by atoms with Crippen LogP contribution in [0.1, 0.15) is 21.6 Å². The van der Waals surface area contributed by atoms with Crippen molar-refractivity contribution in [3.63, 3.8) is 0 Å². The van der Waals surface area contributed by atoms with Gasteiger partial charge in [0.2, 0.25) is 0 Å². The van der Waals surface area contributed by atoms with Crippen LogP contribution in [0.3, 0.4) is 0 Å². The van der Waals surface area contributed by atoms with Gasteiger partial charge in [0.05, 0.1) is 0 Å². The van der Waals surface area contributed by atoms with Crippen LogP contribution in [0.4, 0.5) is 0 Å². The molecule has 0 spiro atoms. The van der Waals surface area contributed by atoms with Gasteiger partial charge in [0, 0.05) is 18.0 Å². The molecule has 1 heterocycles. The molecule has 1 aromatic carbocycles. The van der Waals surface area contributed by atoms with Gasteiger partial charge in [-0.25, -0.2) is 0 Å². The molecule has 16 heavy (non-hydrogen) atoms. The largest absolute Gasteiger partial charge is 0.308 e. The number of benzene rings is 1. The second kappa shape index (κ2) is 5.28. The molecular weight excluding hydrogens is 214 g/mol. The fourth-order valence-electron chi connectivity index (χ4n) is 1.70. The zero-order chi connectivity index (χ0) is 11.4. The molecule has 0 unspecified atom stereocenters. The summed E-state index contributed by atoms with van der Waals surface area (Å²) >= 11 is 1.83. The first-order valence-electron chi connectivity index (χ1n) is 5.55. The summed E-state index contributed by atoms with van der Waals surface area (Å²) in [5.41, 5.74) is 4.14. The maximum Gasteiger partial charge on any atom is 0.0305 e. The van der Waals surface area contributed by atoms with Crippen LogP contribution in [-0.2, 0) is 13.1 Å². The molecule has 2 rings (SSSR count). The molecule has 0 aliphatic heterocycles. The third kappa shape index (κ3) is 2.71. The predicted octanol–water partition coefficient (Wildman–Crippen LogP) is 3.65. The van der Waals surface area contributed by atoms with Crippen molar-refractivity contribution in [3.8, 4) is 0 Å². The summed E-state index contributed by atoms with van der Waals surface area (Å²) in [6.45, 7) is 6.25. The van der Waals surface area contributed by atoms with Crippen molar-refractivity contribution in [1.82, 2.24) is 5.32 Å². The molecule has 0 saturated heterocycles. The Hall–Kier alpha value is -1.12. The van der Waals surface area contributed by atoms with Crippen LogP contribution in [0.25, 0.3) is 0 Å². The SMILES string of the molecule is Cc1ccccc1CNCc1sccc1C. The van der Waals surface area contributed by atoms with Crippen LogP contribution in [0, 0.1) is 13.8 Å². The van der Waals surface area contributed by atoms with E-state index in [1.165, 1.54) is 21.6 Å². The minimum atomic E-state index is 0.948. The molecule has 1 aromatic heterocycles. The molecule has 0 bridgehead atoms. The molecule has 2 heteroatoms. The summed E-state index contributed by atoms with van der Waals surface area (Å²) in [6, 6.07) is 10.7. The van der Waals surface area contributed by atoms with Gasteiger partial charge in [-0.2, -0.15) is 0 Å². The van der Waals surface area contributed by atoms with Gasteiger partial charge in [0.15, 0.2) is 0 Å². The first kappa shape index (κ1) is 11.4. The molecule has 2 aromatic rings. The van der Waals surface area contributed by atoms with Crippen molar-refractivity contribution in [2.45, 2.75) is 26.9 Å². The number of hydrogen-bond acceptors (Lipinski definition) is 2. The van der Waals surface area contributed by atoms with Crippen molar-refractivity contribution < 1.29 is 0 Å². The second-order valence-electron chi connectivity index (χ2n) is 4.06. The lowest BCUT2D eigenvalue weighted by molar-refractivity contribution is 0.696. The number of nitrogens with one attached hydrogen (secondary N) is 1. The molecule has 84 valence electrons. The van der Waals surface area contributed by atoms with E-state index in [9.17, 15) is 0 Å². The molecular formula is C14H17NS. The molecule has 1 N–H and O–H groups in total. The predicted molar refractivity (Wildman–Crippen MR) is 70.8 cm³/mol. The molecule has 0 radical (unpaired) electrons. The van der Waals surface area contributed by atoms with E-state index in [1.54, 1.807) is 0 Å². The Morgan fingerprint density at radius 3 is 2.50 bits per heavy atom. The summed E-state index contributed by atoms with van der Waals surface area (Å²) in [7, 11) is 0. The topological polar surface area (TPSA) is 12.0 Å². The van der Waals surface area contributed by atoms with Gasteiger partial charge in [-0.05, 0) is 42.0 Å². The fraction of sp³-hybridized carbons (Fsp3) is 0.286. The van der Waals surface area contributed by atoms with Crippen LogP contribution in [-0.4, -0.2) is 0 Å². The first-order valence-corrected chi connectivity index (χ1v) is 6.43. The van der Waals surface area contributed by atoms with Gasteiger partial charge >= 0.3 is 0 Å². The van der Waals surface area contributed by atoms with Crippen LogP contribution >= 0.6 is 11.3 Å². The van der Waals surface area contributed by atoms with Crippen LogP contribution in [0.15, 0.2) is 35.7 Å². The Morgan fingerprint density at radius 1 is 1.00 bits per heavy atom. The van der Waals surface area contributed by atoms with E-state index in [4.69, 9.17) is 0 Å². The molecule has 0 saturated carbocycles. The molecule has 0 fully saturated rings. The number of aryl methyl sites for hydroxylation is 2. The van der Waals surface area contributed by atoms with Gasteiger partial charge < -0.3 is 5.32 Å². The lowest BCUT2D eigenvalue weighted by Crippen LogP contribution is -2.13. The van der Waals surface area contributed by atoms with Crippen molar-refractivity contribution >= 4 is 11.3 Å². The lowest BCUT2D eigenvalue weighted by Gasteiger charge is -2.07. The molecule has 0 aliphatic rings. The van der Waals surface area contributed by atoms with E-state index >= 15 is 0 Å². The average Bonchev–Trinajstić information content (AvgIpc) is 2.67. The van der Waals surface area contributed by atoms with Gasteiger partial charge in [0.1, 0.15) is 0 Å².